The SMILES string of the molecule is C=C(C)C(=O)OCCC[Si](C)(O[Si](C)(C)C)O[Si](C)(C)O[Si](C)(CCCOC(=O)C(=C)C)O[Si](C)(C)O[Si](C)(C)C. The van der Waals surface area contributed by atoms with E-state index in [1.807, 2.05) is 13.1 Å². The van der Waals surface area contributed by atoms with Gasteiger partial charge in [-0.1, -0.05) is 13.2 Å². The fraction of sp³-hybridized carbons (Fsp3) is 0.769. The normalized spacial score (nSPS) is 16.0. The molecule has 0 N–H and O–H groups in total. The minimum absolute atomic E-state index is 0.259. The zero-order chi connectivity index (χ0) is 32.5. The summed E-state index contributed by atoms with van der Waals surface area (Å²) in [6.45, 7) is 36.3. The molecule has 0 fully saturated rings. The van der Waals surface area contributed by atoms with Crippen LogP contribution in [0.4, 0.5) is 0 Å². The van der Waals surface area contributed by atoms with Crippen molar-refractivity contribution in [2.75, 3.05) is 13.2 Å². The van der Waals surface area contributed by atoms with Crippen LogP contribution in [0.3, 0.4) is 0 Å². The molecule has 0 heterocycles. The Morgan fingerprint density at radius 3 is 1.10 bits per heavy atom. The second-order valence-electron chi connectivity index (χ2n) is 13.8. The van der Waals surface area contributed by atoms with Crippen LogP contribution in [0.1, 0.15) is 26.7 Å². The van der Waals surface area contributed by atoms with Crippen molar-refractivity contribution < 1.29 is 39.6 Å². The van der Waals surface area contributed by atoms with Gasteiger partial charge in [0.15, 0.2) is 16.6 Å². The highest BCUT2D eigenvalue weighted by Gasteiger charge is 2.49. The molecule has 41 heavy (non-hydrogen) atoms. The number of carbonyl (C=O) groups excluding carboxylic acids is 2. The second kappa shape index (κ2) is 16.0. The summed E-state index contributed by atoms with van der Waals surface area (Å²) >= 11 is 0. The summed E-state index contributed by atoms with van der Waals surface area (Å²) in [5, 5.41) is 0. The van der Waals surface area contributed by atoms with E-state index in [0.717, 1.165) is 0 Å². The highest BCUT2D eigenvalue weighted by Crippen LogP contribution is 2.32. The lowest BCUT2D eigenvalue weighted by Gasteiger charge is -2.44. The van der Waals surface area contributed by atoms with Crippen LogP contribution in [0.25, 0.3) is 0 Å². The van der Waals surface area contributed by atoms with Crippen molar-refractivity contribution in [3.8, 4) is 0 Å². The molecule has 0 aromatic carbocycles. The van der Waals surface area contributed by atoms with Crippen molar-refractivity contribution in [1.29, 1.82) is 0 Å². The first-order chi connectivity index (χ1) is 18.2. The molecule has 240 valence electrons. The Balaban J connectivity index is 5.88. The van der Waals surface area contributed by atoms with Crippen LogP contribution in [0, 0.1) is 0 Å². The van der Waals surface area contributed by atoms with E-state index in [-0.39, 0.29) is 13.2 Å². The van der Waals surface area contributed by atoms with E-state index in [4.69, 9.17) is 30.0 Å². The fourth-order valence-electron chi connectivity index (χ4n) is 4.60. The van der Waals surface area contributed by atoms with Gasteiger partial charge in [0.1, 0.15) is 0 Å². The molecule has 2 unspecified atom stereocenters. The summed E-state index contributed by atoms with van der Waals surface area (Å²) in [4.78, 5) is 23.7. The number of ether oxygens (including phenoxy) is 2. The number of hydrogen-bond acceptors (Lipinski definition) is 9. The van der Waals surface area contributed by atoms with Crippen LogP contribution >= 0.6 is 0 Å². The Morgan fingerprint density at radius 1 is 0.512 bits per heavy atom. The maximum atomic E-state index is 11.9. The summed E-state index contributed by atoms with van der Waals surface area (Å²) in [7, 11) is -14.8. The molecule has 0 saturated carbocycles. The van der Waals surface area contributed by atoms with E-state index >= 15 is 0 Å². The van der Waals surface area contributed by atoms with Crippen LogP contribution in [0.2, 0.25) is 90.7 Å². The van der Waals surface area contributed by atoms with Gasteiger partial charge in [-0.05, 0) is 117 Å². The van der Waals surface area contributed by atoms with Crippen LogP contribution in [0.5, 0.6) is 0 Å². The molecule has 0 rings (SSSR count). The molecule has 9 nitrogen and oxygen atoms in total. The Labute approximate surface area is 256 Å². The largest absolute Gasteiger partial charge is 0.462 e. The van der Waals surface area contributed by atoms with Gasteiger partial charge in [-0.15, -0.1) is 0 Å². The van der Waals surface area contributed by atoms with Crippen molar-refractivity contribution >= 4 is 62.8 Å². The van der Waals surface area contributed by atoms with Crippen LogP contribution in [-0.2, 0) is 39.6 Å². The van der Waals surface area contributed by atoms with E-state index < -0.39 is 62.8 Å². The van der Waals surface area contributed by atoms with Gasteiger partial charge in [-0.3, -0.25) is 0 Å². The first-order valence-corrected chi connectivity index (χ1v) is 31.8. The summed E-state index contributed by atoms with van der Waals surface area (Å²) in [6.07, 6.45) is 1.22. The summed E-state index contributed by atoms with van der Waals surface area (Å²) < 4.78 is 44.5. The van der Waals surface area contributed by atoms with Gasteiger partial charge in [-0.2, -0.15) is 0 Å². The minimum Gasteiger partial charge on any atom is -0.462 e. The van der Waals surface area contributed by atoms with E-state index in [1.165, 1.54) is 0 Å². The predicted molar refractivity (Wildman–Crippen MR) is 181 cm³/mol. The third-order valence-corrected chi connectivity index (χ3v) is 27.4. The van der Waals surface area contributed by atoms with Crippen LogP contribution in [0.15, 0.2) is 24.3 Å². The fourth-order valence-corrected chi connectivity index (χ4v) is 33.5. The Kier molecular flexibility index (Phi) is 15.8. The average molecular weight is 683 g/mol. The Bertz CT molecular complexity index is 914. The first-order valence-electron chi connectivity index (χ1n) is 14.3. The third kappa shape index (κ3) is 19.4. The number of hydrogen-bond donors (Lipinski definition) is 0. The monoisotopic (exact) mass is 682 g/mol. The molecule has 15 heteroatoms. The molecule has 2 atom stereocenters. The summed E-state index contributed by atoms with van der Waals surface area (Å²) in [6, 6.07) is 1.28. The molecule has 0 saturated heterocycles. The standard InChI is InChI=1S/C26H58O9Si6/c1-23(2)25(27)29-19-17-21-40(15,32-37(8,9)10)34-39(13,14)35-41(16,22-18-20-30-26(28)24(3)4)33-38(11,12)31-36(5,6)7/h1,3,17-22H2,2,4-16H3. The molecule has 0 radical (unpaired) electrons. The molecule has 0 aliphatic heterocycles. The summed E-state index contributed by atoms with van der Waals surface area (Å²) in [5.41, 5.74) is 0.752. The van der Waals surface area contributed by atoms with Gasteiger partial charge in [0.05, 0.1) is 13.2 Å². The Morgan fingerprint density at radius 2 is 0.805 bits per heavy atom. The van der Waals surface area contributed by atoms with Crippen molar-refractivity contribution in [2.45, 2.75) is 117 Å². The van der Waals surface area contributed by atoms with Gasteiger partial charge < -0.3 is 30.0 Å². The van der Waals surface area contributed by atoms with Gasteiger partial charge >= 0.3 is 46.2 Å². The maximum Gasteiger partial charge on any atom is 0.333 e. The van der Waals surface area contributed by atoms with Gasteiger partial charge in [0.25, 0.3) is 0 Å². The zero-order valence-corrected chi connectivity index (χ0v) is 34.3. The van der Waals surface area contributed by atoms with Crippen LogP contribution in [-0.4, -0.2) is 76.0 Å². The lowest BCUT2D eigenvalue weighted by atomic mass is 10.4. The predicted octanol–water partition coefficient (Wildman–Crippen LogP) is 7.31. The van der Waals surface area contributed by atoms with Crippen molar-refractivity contribution in [3.05, 3.63) is 24.3 Å². The smallest absolute Gasteiger partial charge is 0.333 e. The van der Waals surface area contributed by atoms with Crippen molar-refractivity contribution in [3.63, 3.8) is 0 Å². The van der Waals surface area contributed by atoms with E-state index in [9.17, 15) is 9.59 Å². The maximum absolute atomic E-state index is 11.9. The second-order valence-corrected chi connectivity index (χ2v) is 37.5. The molecule has 0 amide bonds. The van der Waals surface area contributed by atoms with Gasteiger partial charge in [0, 0.05) is 11.1 Å². The quantitative estimate of drug-likeness (QED) is 0.0567. The zero-order valence-electron chi connectivity index (χ0n) is 28.3. The van der Waals surface area contributed by atoms with Gasteiger partial charge in [0.2, 0.25) is 0 Å². The molecule has 0 aromatic rings. The van der Waals surface area contributed by atoms with Crippen molar-refractivity contribution in [2.24, 2.45) is 0 Å². The minimum atomic E-state index is -2.86. The Hall–Kier alpha value is -0.479. The first kappa shape index (κ1) is 40.5. The average Bonchev–Trinajstić information content (AvgIpc) is 2.68. The van der Waals surface area contributed by atoms with Gasteiger partial charge in [-0.25, -0.2) is 9.59 Å². The molecule has 0 aliphatic rings. The lowest BCUT2D eigenvalue weighted by molar-refractivity contribution is -0.139. The van der Waals surface area contributed by atoms with Crippen molar-refractivity contribution in [1.82, 2.24) is 0 Å². The molecule has 0 spiro atoms. The van der Waals surface area contributed by atoms with E-state index in [1.54, 1.807) is 13.8 Å². The number of esters is 2. The topological polar surface area (TPSA) is 98.8 Å². The lowest BCUT2D eigenvalue weighted by Crippen LogP contribution is -2.61. The molecule has 0 aliphatic carbocycles. The summed E-state index contributed by atoms with van der Waals surface area (Å²) in [5.74, 6) is -0.789. The van der Waals surface area contributed by atoms with E-state index in [0.29, 0.717) is 36.1 Å². The molecular weight excluding hydrogens is 625 g/mol. The molecular formula is C26H58O9Si6. The third-order valence-electron chi connectivity index (χ3n) is 5.17. The number of carbonyl (C=O) groups is 2. The number of rotatable bonds is 20. The van der Waals surface area contributed by atoms with Crippen LogP contribution < -0.4 is 0 Å². The highest BCUT2D eigenvalue weighted by atomic mass is 28.5. The molecule has 0 aromatic heterocycles. The van der Waals surface area contributed by atoms with E-state index in [2.05, 4.69) is 78.6 Å². The molecule has 0 bridgehead atoms. The highest BCUT2D eigenvalue weighted by molar-refractivity contribution is 6.91.